The summed E-state index contributed by atoms with van der Waals surface area (Å²) < 4.78 is 29.2. The second kappa shape index (κ2) is 8.04. The molecule has 0 saturated heterocycles. The zero-order chi connectivity index (χ0) is 17.0. The molecule has 0 fully saturated rings. The van der Waals surface area contributed by atoms with E-state index in [0.29, 0.717) is 21.8 Å². The molecular weight excluding hydrogens is 364 g/mol. The van der Waals surface area contributed by atoms with Crippen molar-refractivity contribution in [3.05, 3.63) is 33.9 Å². The predicted molar refractivity (Wildman–Crippen MR) is 92.9 cm³/mol. The van der Waals surface area contributed by atoms with Crippen LogP contribution in [0.3, 0.4) is 0 Å². The van der Waals surface area contributed by atoms with Crippen molar-refractivity contribution in [2.24, 2.45) is 0 Å². The van der Waals surface area contributed by atoms with Crippen LogP contribution >= 0.6 is 15.9 Å². The Hall–Kier alpha value is -1.23. The van der Waals surface area contributed by atoms with Crippen LogP contribution in [0.1, 0.15) is 62.9 Å². The number of benzene rings is 1. The average Bonchev–Trinajstić information content (AvgIpc) is 2.76. The highest BCUT2D eigenvalue weighted by Crippen LogP contribution is 2.33. The van der Waals surface area contributed by atoms with Gasteiger partial charge < -0.3 is 0 Å². The summed E-state index contributed by atoms with van der Waals surface area (Å²) in [6, 6.07) is 2.25. The molecule has 2 nitrogen and oxygen atoms in total. The maximum Gasteiger partial charge on any atom is 0.228 e. The van der Waals surface area contributed by atoms with Crippen LogP contribution in [0.15, 0.2) is 16.6 Å². The van der Waals surface area contributed by atoms with Gasteiger partial charge in [-0.15, -0.1) is 0 Å². The van der Waals surface area contributed by atoms with Crippen LogP contribution in [-0.2, 0) is 6.42 Å². The third-order valence-electron chi connectivity index (χ3n) is 4.12. The minimum atomic E-state index is -0.934. The smallest absolute Gasteiger partial charge is 0.228 e. The first-order chi connectivity index (χ1) is 11.0. The molecule has 0 unspecified atom stereocenters. The number of nitrogens with zero attached hydrogens (tertiary/aromatic N) is 1. The molecule has 0 saturated carbocycles. The van der Waals surface area contributed by atoms with Gasteiger partial charge in [0.1, 0.15) is 0 Å². The normalized spacial score (nSPS) is 11.3. The first-order valence-electron chi connectivity index (χ1n) is 8.16. The van der Waals surface area contributed by atoms with Crippen LogP contribution in [0, 0.1) is 11.6 Å². The molecule has 1 heterocycles. The van der Waals surface area contributed by atoms with E-state index in [2.05, 4.69) is 22.9 Å². The molecule has 0 aliphatic rings. The molecule has 23 heavy (non-hydrogen) atoms. The molecule has 1 aromatic heterocycles. The van der Waals surface area contributed by atoms with Gasteiger partial charge in [0.15, 0.2) is 11.6 Å². The molecule has 0 N–H and O–H groups in total. The number of rotatable bonds is 7. The second-order valence-electron chi connectivity index (χ2n) is 5.92. The number of carbonyl (C=O) groups is 1. The molecule has 1 aromatic carbocycles. The zero-order valence-corrected chi connectivity index (χ0v) is 15.2. The second-order valence-corrected chi connectivity index (χ2v) is 6.71. The van der Waals surface area contributed by atoms with Crippen molar-refractivity contribution in [3.8, 4) is 0 Å². The molecular formula is C18H22BrF2NO. The van der Waals surface area contributed by atoms with Crippen LogP contribution in [0.4, 0.5) is 8.78 Å². The summed E-state index contributed by atoms with van der Waals surface area (Å²) in [7, 11) is 0. The maximum atomic E-state index is 13.5. The van der Waals surface area contributed by atoms with Gasteiger partial charge in [-0.2, -0.15) is 0 Å². The average molecular weight is 386 g/mol. The number of aromatic nitrogens is 1. The third-order valence-corrected chi connectivity index (χ3v) is 5.01. The van der Waals surface area contributed by atoms with Crippen LogP contribution < -0.4 is 0 Å². The number of unbranched alkanes of at least 4 members (excludes halogenated alkanes) is 5. The van der Waals surface area contributed by atoms with Crippen LogP contribution in [0.25, 0.3) is 10.9 Å². The van der Waals surface area contributed by atoms with Gasteiger partial charge in [0.05, 0.1) is 5.52 Å². The molecule has 5 heteroatoms. The summed E-state index contributed by atoms with van der Waals surface area (Å²) in [5.41, 5.74) is 1.22. The largest absolute Gasteiger partial charge is 0.283 e. The molecule has 0 radical (unpaired) electrons. The molecule has 0 aliphatic heterocycles. The van der Waals surface area contributed by atoms with Crippen molar-refractivity contribution >= 4 is 32.7 Å². The quantitative estimate of drug-likeness (QED) is 0.516. The fourth-order valence-corrected chi connectivity index (χ4v) is 3.64. The van der Waals surface area contributed by atoms with Gasteiger partial charge >= 0.3 is 0 Å². The fourth-order valence-electron chi connectivity index (χ4n) is 2.95. The topological polar surface area (TPSA) is 22.0 Å². The number of hydrogen-bond acceptors (Lipinski definition) is 1. The molecule has 0 bridgehead atoms. The minimum Gasteiger partial charge on any atom is -0.283 e. The Morgan fingerprint density at radius 2 is 1.70 bits per heavy atom. The summed E-state index contributed by atoms with van der Waals surface area (Å²) in [6.07, 6.45) is 7.62. The molecule has 2 rings (SSSR count). The lowest BCUT2D eigenvalue weighted by Gasteiger charge is -2.07. The fraction of sp³-hybridized carbons (Fsp3) is 0.500. The van der Waals surface area contributed by atoms with Gasteiger partial charge in [0.25, 0.3) is 0 Å². The number of hydrogen-bond donors (Lipinski definition) is 0. The van der Waals surface area contributed by atoms with Crippen molar-refractivity contribution in [2.75, 3.05) is 0 Å². The van der Waals surface area contributed by atoms with E-state index >= 15 is 0 Å². The van der Waals surface area contributed by atoms with Gasteiger partial charge in [-0.05, 0) is 34.8 Å². The van der Waals surface area contributed by atoms with Crippen molar-refractivity contribution in [1.82, 2.24) is 4.57 Å². The number of fused-ring (bicyclic) bond motifs is 1. The highest BCUT2D eigenvalue weighted by Gasteiger charge is 2.19. The Kier molecular flexibility index (Phi) is 6.33. The van der Waals surface area contributed by atoms with Gasteiger partial charge in [-0.1, -0.05) is 39.0 Å². The summed E-state index contributed by atoms with van der Waals surface area (Å²) in [5.74, 6) is -2.02. The van der Waals surface area contributed by atoms with E-state index in [0.717, 1.165) is 30.7 Å². The van der Waals surface area contributed by atoms with E-state index in [1.807, 2.05) is 0 Å². The molecule has 0 amide bonds. The Bertz CT molecular complexity index is 709. The summed E-state index contributed by atoms with van der Waals surface area (Å²) in [6.45, 7) is 3.62. The summed E-state index contributed by atoms with van der Waals surface area (Å²) in [5, 5.41) is 0.542. The van der Waals surface area contributed by atoms with Crippen LogP contribution in [0.2, 0.25) is 0 Å². The van der Waals surface area contributed by atoms with E-state index in [4.69, 9.17) is 0 Å². The summed E-state index contributed by atoms with van der Waals surface area (Å²) in [4.78, 5) is 12.0. The number of halogens is 3. The Labute approximate surface area is 144 Å². The van der Waals surface area contributed by atoms with Gasteiger partial charge in [0, 0.05) is 28.5 Å². The van der Waals surface area contributed by atoms with E-state index < -0.39 is 11.6 Å². The van der Waals surface area contributed by atoms with E-state index in [1.54, 1.807) is 0 Å². The monoisotopic (exact) mass is 385 g/mol. The Morgan fingerprint density at radius 3 is 2.35 bits per heavy atom. The van der Waals surface area contributed by atoms with E-state index in [1.165, 1.54) is 37.2 Å². The van der Waals surface area contributed by atoms with E-state index in [-0.39, 0.29) is 5.91 Å². The lowest BCUT2D eigenvalue weighted by Crippen LogP contribution is -2.10. The van der Waals surface area contributed by atoms with Crippen LogP contribution in [-0.4, -0.2) is 10.5 Å². The maximum absolute atomic E-state index is 13.5. The first kappa shape index (κ1) is 18.1. The molecule has 0 atom stereocenters. The summed E-state index contributed by atoms with van der Waals surface area (Å²) >= 11 is 3.46. The predicted octanol–water partition coefficient (Wildman–Crippen LogP) is 6.25. The SMILES string of the molecule is CCCCCCCCc1c(Br)c2cc(F)c(F)cc2n1C(C)=O. The van der Waals surface area contributed by atoms with Crippen molar-refractivity contribution < 1.29 is 13.6 Å². The zero-order valence-electron chi connectivity index (χ0n) is 13.6. The van der Waals surface area contributed by atoms with Gasteiger partial charge in [0.2, 0.25) is 5.91 Å². The lowest BCUT2D eigenvalue weighted by atomic mass is 10.1. The van der Waals surface area contributed by atoms with Crippen molar-refractivity contribution in [3.63, 3.8) is 0 Å². The Morgan fingerprint density at radius 1 is 1.09 bits per heavy atom. The van der Waals surface area contributed by atoms with Crippen molar-refractivity contribution in [1.29, 1.82) is 0 Å². The minimum absolute atomic E-state index is 0.187. The Balaban J connectivity index is 2.26. The molecule has 126 valence electrons. The van der Waals surface area contributed by atoms with Gasteiger partial charge in [-0.25, -0.2) is 8.78 Å². The number of carbonyl (C=O) groups excluding carboxylic acids is 1. The van der Waals surface area contributed by atoms with E-state index in [9.17, 15) is 13.6 Å². The van der Waals surface area contributed by atoms with Crippen LogP contribution in [0.5, 0.6) is 0 Å². The first-order valence-corrected chi connectivity index (χ1v) is 8.95. The molecule has 0 spiro atoms. The molecule has 0 aliphatic carbocycles. The lowest BCUT2D eigenvalue weighted by molar-refractivity contribution is 0.0938. The van der Waals surface area contributed by atoms with Gasteiger partial charge in [-0.3, -0.25) is 9.36 Å². The standard InChI is InChI=1S/C18H22BrF2NO/c1-3-4-5-6-7-8-9-16-18(19)13-10-14(20)15(21)11-17(13)22(16)12(2)23/h10-11H,3-9H2,1-2H3. The molecule has 2 aromatic rings. The third kappa shape index (κ3) is 4.00. The highest BCUT2D eigenvalue weighted by molar-refractivity contribution is 9.10. The van der Waals surface area contributed by atoms with Crippen molar-refractivity contribution in [2.45, 2.75) is 58.8 Å². The highest BCUT2D eigenvalue weighted by atomic mass is 79.9.